The molecule has 126 valence electrons. The van der Waals surface area contributed by atoms with Crippen molar-refractivity contribution in [2.45, 2.75) is 0 Å². The van der Waals surface area contributed by atoms with E-state index in [1.807, 2.05) is 0 Å². The average Bonchev–Trinajstić information content (AvgIpc) is 2.73. The summed E-state index contributed by atoms with van der Waals surface area (Å²) in [5, 5.41) is 91.8. The minimum Gasteiger partial charge on any atom is -0.198 e. The first-order valence-electron chi connectivity index (χ1n) is 6.96. The summed E-state index contributed by atoms with van der Waals surface area (Å²) in [5.74, 6) is -6.71. The van der Waals surface area contributed by atoms with Crippen molar-refractivity contribution >= 4 is 0 Å². The summed E-state index contributed by atoms with van der Waals surface area (Å²) in [5.41, 5.74) is -3.02. The van der Waals surface area contributed by atoms with Gasteiger partial charge in [0, 0.05) is 0 Å². The van der Waals surface area contributed by atoms with Crippen LogP contribution in [-0.4, -0.2) is 0 Å². The molecule has 0 spiro atoms. The highest BCUT2D eigenvalue weighted by molar-refractivity contribution is 5.63. The van der Waals surface area contributed by atoms with Gasteiger partial charge in [-0.2, -0.15) is 52.6 Å². The molecule has 10 nitrogen and oxygen atoms in total. The molecule has 0 aromatic rings. The van der Waals surface area contributed by atoms with Crippen molar-refractivity contribution in [2.24, 2.45) is 23.7 Å². The highest BCUT2D eigenvalue weighted by Gasteiger charge is 2.33. The van der Waals surface area contributed by atoms with Crippen molar-refractivity contribution in [3.05, 3.63) is 22.3 Å². The predicted molar refractivity (Wildman–Crippen MR) is 84.1 cm³/mol. The summed E-state index contributed by atoms with van der Waals surface area (Å²) in [7, 11) is 0. The van der Waals surface area contributed by atoms with E-state index in [1.54, 1.807) is 0 Å². The first-order chi connectivity index (χ1) is 13.5. The van der Waals surface area contributed by atoms with E-state index in [2.05, 4.69) is 0 Å². The fourth-order valence-electron chi connectivity index (χ4n) is 2.03. The smallest absolute Gasteiger partial charge is 0.153 e. The van der Waals surface area contributed by atoms with Crippen LogP contribution in [0.2, 0.25) is 0 Å². The maximum atomic E-state index is 9.41. The van der Waals surface area contributed by atoms with Crippen LogP contribution in [0.25, 0.3) is 0 Å². The Morgan fingerprint density at radius 3 is 0.821 bits per heavy atom. The van der Waals surface area contributed by atoms with Crippen LogP contribution in [0, 0.1) is 137 Å². The van der Waals surface area contributed by atoms with E-state index in [9.17, 15) is 31.6 Å². The van der Waals surface area contributed by atoms with E-state index in [1.165, 1.54) is 60.7 Å². The van der Waals surface area contributed by atoms with Crippen molar-refractivity contribution in [2.75, 3.05) is 0 Å². The van der Waals surface area contributed by atoms with E-state index in [0.717, 1.165) is 0 Å². The molecule has 0 saturated carbocycles. The van der Waals surface area contributed by atoms with Gasteiger partial charge in [0.05, 0.1) is 70.8 Å². The van der Waals surface area contributed by atoms with Gasteiger partial charge in [0.1, 0.15) is 24.0 Å². The SMILES string of the molecule is N#CC(/C(C#N)=C(\C#N)C(C#N)C(C#N)C#N)=C(/C#N)C(C#N)C(C#N)C#N. The molecule has 0 aromatic heterocycles. The Bertz CT molecular complexity index is 1030. The summed E-state index contributed by atoms with van der Waals surface area (Å²) in [4.78, 5) is 0. The van der Waals surface area contributed by atoms with Crippen LogP contribution in [0.15, 0.2) is 22.3 Å². The molecule has 0 fully saturated rings. The van der Waals surface area contributed by atoms with Gasteiger partial charge in [-0.1, -0.05) is 0 Å². The number of nitriles is 10. The molecule has 0 aliphatic rings. The molecule has 0 bridgehead atoms. The Balaban J connectivity index is 7.26. The average molecular weight is 360 g/mol. The summed E-state index contributed by atoms with van der Waals surface area (Å²) < 4.78 is 0. The van der Waals surface area contributed by atoms with Crippen LogP contribution in [0.5, 0.6) is 0 Å². The molecule has 2 unspecified atom stereocenters. The lowest BCUT2D eigenvalue weighted by Crippen LogP contribution is -2.17. The Labute approximate surface area is 159 Å². The molecule has 0 saturated heterocycles. The molecule has 28 heavy (non-hydrogen) atoms. The topological polar surface area (TPSA) is 238 Å². The molecule has 0 N–H and O–H groups in total. The van der Waals surface area contributed by atoms with Crippen LogP contribution < -0.4 is 0 Å². The number of rotatable bonds is 5. The molecule has 0 rings (SSSR count). The Hall–Kier alpha value is -5.62. The van der Waals surface area contributed by atoms with E-state index >= 15 is 0 Å². The summed E-state index contributed by atoms with van der Waals surface area (Å²) in [6, 6.07) is 14.9. The molecule has 10 heteroatoms. The van der Waals surface area contributed by atoms with Gasteiger partial charge >= 0.3 is 0 Å². The minimum absolute atomic E-state index is 0.718. The van der Waals surface area contributed by atoms with Crippen LogP contribution in [0.4, 0.5) is 0 Å². The lowest BCUT2D eigenvalue weighted by Gasteiger charge is -2.13. The van der Waals surface area contributed by atoms with Gasteiger partial charge in [0.25, 0.3) is 0 Å². The van der Waals surface area contributed by atoms with Gasteiger partial charge in [0.2, 0.25) is 0 Å². The monoisotopic (exact) mass is 360 g/mol. The van der Waals surface area contributed by atoms with Crippen molar-refractivity contribution in [1.29, 1.82) is 52.6 Å². The van der Waals surface area contributed by atoms with Gasteiger partial charge in [-0.25, -0.2) is 0 Å². The predicted octanol–water partition coefficient (Wildman–Crippen LogP) is 1.28. The zero-order valence-electron chi connectivity index (χ0n) is 13.8. The number of allylic oxidation sites excluding steroid dienone is 4. The van der Waals surface area contributed by atoms with E-state index in [4.69, 9.17) is 21.0 Å². The second-order valence-corrected chi connectivity index (χ2v) is 4.71. The minimum atomic E-state index is -1.71. The van der Waals surface area contributed by atoms with Crippen molar-refractivity contribution in [3.8, 4) is 60.7 Å². The number of hydrogen-bond donors (Lipinski definition) is 0. The molecule has 0 radical (unpaired) electrons. The van der Waals surface area contributed by atoms with E-state index in [0.29, 0.717) is 0 Å². The van der Waals surface area contributed by atoms with Gasteiger partial charge in [0.15, 0.2) is 11.8 Å². The van der Waals surface area contributed by atoms with E-state index < -0.39 is 46.0 Å². The third kappa shape index (κ3) is 4.26. The molecular weight excluding hydrogens is 356 g/mol. The molecule has 0 amide bonds. The number of hydrogen-bond acceptors (Lipinski definition) is 10. The van der Waals surface area contributed by atoms with Crippen molar-refractivity contribution < 1.29 is 0 Å². The first-order valence-corrected chi connectivity index (χ1v) is 6.96. The molecule has 0 heterocycles. The van der Waals surface area contributed by atoms with Gasteiger partial charge in [-0.05, 0) is 0 Å². The fourth-order valence-corrected chi connectivity index (χ4v) is 2.03. The summed E-state index contributed by atoms with van der Waals surface area (Å²) in [6.45, 7) is 0. The molecule has 2 atom stereocenters. The van der Waals surface area contributed by atoms with Crippen molar-refractivity contribution in [1.82, 2.24) is 0 Å². The van der Waals surface area contributed by atoms with E-state index in [-0.39, 0.29) is 0 Å². The van der Waals surface area contributed by atoms with Crippen molar-refractivity contribution in [3.63, 3.8) is 0 Å². The second kappa shape index (κ2) is 11.0. The lowest BCUT2D eigenvalue weighted by atomic mass is 9.81. The molecule has 0 aliphatic heterocycles. The van der Waals surface area contributed by atoms with Crippen LogP contribution in [0.1, 0.15) is 0 Å². The quantitative estimate of drug-likeness (QED) is 0.502. The summed E-state index contributed by atoms with van der Waals surface area (Å²) in [6.07, 6.45) is 0. The van der Waals surface area contributed by atoms with Gasteiger partial charge in [-0.15, -0.1) is 0 Å². The zero-order valence-corrected chi connectivity index (χ0v) is 13.8. The molecule has 0 aromatic carbocycles. The number of nitrogens with zero attached hydrogens (tertiary/aromatic N) is 10. The maximum Gasteiger partial charge on any atom is 0.153 e. The van der Waals surface area contributed by atoms with Crippen LogP contribution >= 0.6 is 0 Å². The molecule has 0 aliphatic carbocycles. The normalized spacial score (nSPS) is 12.7. The lowest BCUT2D eigenvalue weighted by molar-refractivity contribution is 0.681. The van der Waals surface area contributed by atoms with Gasteiger partial charge < -0.3 is 0 Å². The maximum absolute atomic E-state index is 9.41. The van der Waals surface area contributed by atoms with Crippen LogP contribution in [0.3, 0.4) is 0 Å². The first kappa shape index (κ1) is 22.4. The largest absolute Gasteiger partial charge is 0.198 e. The van der Waals surface area contributed by atoms with Crippen LogP contribution in [-0.2, 0) is 0 Å². The summed E-state index contributed by atoms with van der Waals surface area (Å²) >= 11 is 0. The second-order valence-electron chi connectivity index (χ2n) is 4.71. The third-order valence-corrected chi connectivity index (χ3v) is 3.38. The standard InChI is InChI=1S/C18H4N10/c19-1-11(2-20)13(5-23)15(7-25)17(9-27)18(10-28)16(8-26)14(6-24)12(3-21)4-22/h11-14H/b17-15+,18-16+. The fraction of sp³-hybridized carbons (Fsp3) is 0.222. The highest BCUT2D eigenvalue weighted by Crippen LogP contribution is 2.30. The Morgan fingerprint density at radius 2 is 0.679 bits per heavy atom. The highest BCUT2D eigenvalue weighted by atomic mass is 14.4. The third-order valence-electron chi connectivity index (χ3n) is 3.38. The van der Waals surface area contributed by atoms with Gasteiger partial charge in [-0.3, -0.25) is 0 Å². The Kier molecular flexibility index (Phi) is 8.81. The Morgan fingerprint density at radius 1 is 0.393 bits per heavy atom. The molecular formula is C18H4N10. The zero-order chi connectivity index (χ0) is 21.7.